The zero-order valence-electron chi connectivity index (χ0n) is 12.9. The van der Waals surface area contributed by atoms with Gasteiger partial charge in [-0.05, 0) is 12.0 Å². The molecule has 2 amide bonds. The van der Waals surface area contributed by atoms with Crippen molar-refractivity contribution in [3.63, 3.8) is 0 Å². The van der Waals surface area contributed by atoms with E-state index >= 15 is 0 Å². The molecule has 1 aromatic rings. The standard InChI is InChI=1S/C16H23N3O3/c1-22-12-15(20)18-7-9-19(10-8-18)16(21)14(17)11-13-5-3-2-4-6-13/h2-6,14H,7-12,17H2,1H3/t14-/m0/s1. The molecule has 1 heterocycles. The Morgan fingerprint density at radius 1 is 1.14 bits per heavy atom. The number of hydrogen-bond acceptors (Lipinski definition) is 4. The summed E-state index contributed by atoms with van der Waals surface area (Å²) in [5, 5.41) is 0. The highest BCUT2D eigenvalue weighted by molar-refractivity contribution is 5.82. The van der Waals surface area contributed by atoms with Gasteiger partial charge in [0.05, 0.1) is 6.04 Å². The number of hydrogen-bond donors (Lipinski definition) is 1. The summed E-state index contributed by atoms with van der Waals surface area (Å²) in [5.41, 5.74) is 7.08. The van der Waals surface area contributed by atoms with Gasteiger partial charge in [-0.15, -0.1) is 0 Å². The van der Waals surface area contributed by atoms with E-state index in [1.54, 1.807) is 9.80 Å². The number of carbonyl (C=O) groups is 2. The van der Waals surface area contributed by atoms with E-state index in [-0.39, 0.29) is 18.4 Å². The van der Waals surface area contributed by atoms with E-state index in [1.165, 1.54) is 7.11 Å². The fourth-order valence-corrected chi connectivity index (χ4v) is 2.58. The minimum Gasteiger partial charge on any atom is -0.375 e. The minimum absolute atomic E-state index is 0.0387. The fraction of sp³-hybridized carbons (Fsp3) is 0.500. The van der Waals surface area contributed by atoms with Crippen LogP contribution in [0, 0.1) is 0 Å². The zero-order valence-corrected chi connectivity index (χ0v) is 12.9. The first-order valence-electron chi connectivity index (χ1n) is 7.47. The summed E-state index contributed by atoms with van der Waals surface area (Å²) < 4.78 is 4.84. The van der Waals surface area contributed by atoms with Crippen LogP contribution in [-0.4, -0.2) is 67.6 Å². The van der Waals surface area contributed by atoms with Crippen LogP contribution in [0.4, 0.5) is 0 Å². The van der Waals surface area contributed by atoms with Gasteiger partial charge in [-0.3, -0.25) is 9.59 Å². The van der Waals surface area contributed by atoms with Gasteiger partial charge in [0, 0.05) is 33.3 Å². The molecule has 6 nitrogen and oxygen atoms in total. The average molecular weight is 305 g/mol. The van der Waals surface area contributed by atoms with Crippen molar-refractivity contribution >= 4 is 11.8 Å². The summed E-state index contributed by atoms with van der Waals surface area (Å²) in [5.74, 6) is -0.0918. The van der Waals surface area contributed by atoms with Crippen LogP contribution in [0.15, 0.2) is 30.3 Å². The fourth-order valence-electron chi connectivity index (χ4n) is 2.58. The molecule has 0 unspecified atom stereocenters. The molecule has 1 atom stereocenters. The molecule has 1 aliphatic heterocycles. The first kappa shape index (κ1) is 16.5. The molecule has 1 aliphatic rings. The number of benzene rings is 1. The number of rotatable bonds is 5. The van der Waals surface area contributed by atoms with Gasteiger partial charge in [-0.2, -0.15) is 0 Å². The molecule has 0 saturated carbocycles. The summed E-state index contributed by atoms with van der Waals surface area (Å²) in [6.45, 7) is 2.20. The Balaban J connectivity index is 1.83. The molecule has 0 aliphatic carbocycles. The number of methoxy groups -OCH3 is 1. The predicted molar refractivity (Wildman–Crippen MR) is 83.2 cm³/mol. The molecule has 0 bridgehead atoms. The highest BCUT2D eigenvalue weighted by Gasteiger charge is 2.27. The first-order chi connectivity index (χ1) is 10.6. The van der Waals surface area contributed by atoms with E-state index in [1.807, 2.05) is 30.3 Å². The van der Waals surface area contributed by atoms with Crippen molar-refractivity contribution in [2.75, 3.05) is 39.9 Å². The van der Waals surface area contributed by atoms with Gasteiger partial charge in [0.1, 0.15) is 6.61 Å². The number of piperazine rings is 1. The summed E-state index contributed by atoms with van der Waals surface area (Å²) >= 11 is 0. The van der Waals surface area contributed by atoms with E-state index in [9.17, 15) is 9.59 Å². The average Bonchev–Trinajstić information content (AvgIpc) is 2.55. The Morgan fingerprint density at radius 2 is 1.73 bits per heavy atom. The van der Waals surface area contributed by atoms with Crippen LogP contribution < -0.4 is 5.73 Å². The highest BCUT2D eigenvalue weighted by Crippen LogP contribution is 2.08. The number of nitrogens with two attached hydrogens (primary N) is 1. The number of nitrogens with zero attached hydrogens (tertiary/aromatic N) is 2. The lowest BCUT2D eigenvalue weighted by Crippen LogP contribution is -2.55. The Morgan fingerprint density at radius 3 is 2.32 bits per heavy atom. The smallest absolute Gasteiger partial charge is 0.248 e. The highest BCUT2D eigenvalue weighted by atomic mass is 16.5. The summed E-state index contributed by atoms with van der Waals surface area (Å²) in [4.78, 5) is 27.6. The first-order valence-corrected chi connectivity index (χ1v) is 7.47. The van der Waals surface area contributed by atoms with Gasteiger partial charge in [0.15, 0.2) is 0 Å². The maximum Gasteiger partial charge on any atom is 0.248 e. The van der Waals surface area contributed by atoms with Gasteiger partial charge < -0.3 is 20.3 Å². The molecule has 1 fully saturated rings. The third-order valence-corrected chi connectivity index (χ3v) is 3.83. The summed E-state index contributed by atoms with van der Waals surface area (Å²) in [7, 11) is 1.50. The van der Waals surface area contributed by atoms with Gasteiger partial charge >= 0.3 is 0 Å². The molecule has 0 aromatic heterocycles. The Hall–Kier alpha value is -1.92. The molecule has 1 saturated heterocycles. The van der Waals surface area contributed by atoms with Gasteiger partial charge in [0.2, 0.25) is 11.8 Å². The quantitative estimate of drug-likeness (QED) is 0.822. The largest absolute Gasteiger partial charge is 0.375 e. The van der Waals surface area contributed by atoms with Crippen molar-refractivity contribution in [3.8, 4) is 0 Å². The van der Waals surface area contributed by atoms with Crippen molar-refractivity contribution < 1.29 is 14.3 Å². The molecule has 1 aromatic carbocycles. The molecule has 0 radical (unpaired) electrons. The second kappa shape index (κ2) is 7.91. The van der Waals surface area contributed by atoms with Crippen LogP contribution in [-0.2, 0) is 20.7 Å². The normalized spacial score (nSPS) is 16.5. The predicted octanol–water partition coefficient (Wildman–Crippen LogP) is -0.126. The summed E-state index contributed by atoms with van der Waals surface area (Å²) in [6.07, 6.45) is 0.530. The molecule has 120 valence electrons. The van der Waals surface area contributed by atoms with E-state index in [4.69, 9.17) is 10.5 Å². The third kappa shape index (κ3) is 4.29. The van der Waals surface area contributed by atoms with E-state index < -0.39 is 6.04 Å². The van der Waals surface area contributed by atoms with Gasteiger partial charge in [0.25, 0.3) is 0 Å². The third-order valence-electron chi connectivity index (χ3n) is 3.83. The van der Waals surface area contributed by atoms with Crippen molar-refractivity contribution in [2.45, 2.75) is 12.5 Å². The second-order valence-corrected chi connectivity index (χ2v) is 5.44. The summed E-state index contributed by atoms with van der Waals surface area (Å²) in [6, 6.07) is 9.21. The molecular weight excluding hydrogens is 282 g/mol. The molecule has 6 heteroatoms. The van der Waals surface area contributed by atoms with Crippen LogP contribution in [0.1, 0.15) is 5.56 Å². The van der Waals surface area contributed by atoms with E-state index in [0.29, 0.717) is 32.6 Å². The van der Waals surface area contributed by atoms with Gasteiger partial charge in [-0.25, -0.2) is 0 Å². The molecule has 2 N–H and O–H groups in total. The van der Waals surface area contributed by atoms with Crippen molar-refractivity contribution in [2.24, 2.45) is 5.73 Å². The van der Waals surface area contributed by atoms with Crippen molar-refractivity contribution in [1.82, 2.24) is 9.80 Å². The molecular formula is C16H23N3O3. The number of ether oxygens (including phenoxy) is 1. The maximum atomic E-state index is 12.4. The lowest BCUT2D eigenvalue weighted by atomic mass is 10.1. The number of carbonyl (C=O) groups excluding carboxylic acids is 2. The van der Waals surface area contributed by atoms with Crippen molar-refractivity contribution in [1.29, 1.82) is 0 Å². The zero-order chi connectivity index (χ0) is 15.9. The topological polar surface area (TPSA) is 75.9 Å². The second-order valence-electron chi connectivity index (χ2n) is 5.44. The molecule has 22 heavy (non-hydrogen) atoms. The Kier molecular flexibility index (Phi) is 5.91. The van der Waals surface area contributed by atoms with Crippen LogP contribution in [0.2, 0.25) is 0 Å². The van der Waals surface area contributed by atoms with E-state index in [0.717, 1.165) is 5.56 Å². The minimum atomic E-state index is -0.538. The van der Waals surface area contributed by atoms with E-state index in [2.05, 4.69) is 0 Å². The molecule has 2 rings (SSSR count). The Labute approximate surface area is 130 Å². The maximum absolute atomic E-state index is 12.4. The number of amides is 2. The van der Waals surface area contributed by atoms with Crippen LogP contribution >= 0.6 is 0 Å². The van der Waals surface area contributed by atoms with Crippen LogP contribution in [0.5, 0.6) is 0 Å². The monoisotopic (exact) mass is 305 g/mol. The SMILES string of the molecule is COCC(=O)N1CCN(C(=O)[C@@H](N)Cc2ccccc2)CC1. The van der Waals surface area contributed by atoms with Crippen LogP contribution in [0.3, 0.4) is 0 Å². The molecule has 0 spiro atoms. The lowest BCUT2D eigenvalue weighted by molar-refractivity contribution is -0.142. The van der Waals surface area contributed by atoms with Crippen LogP contribution in [0.25, 0.3) is 0 Å². The van der Waals surface area contributed by atoms with Crippen molar-refractivity contribution in [3.05, 3.63) is 35.9 Å². The Bertz CT molecular complexity index is 499. The van der Waals surface area contributed by atoms with Gasteiger partial charge in [-0.1, -0.05) is 30.3 Å². The lowest BCUT2D eigenvalue weighted by Gasteiger charge is -2.35.